The average molecular weight is 165 g/mol. The van der Waals surface area contributed by atoms with E-state index in [1.807, 2.05) is 11.8 Å². The van der Waals surface area contributed by atoms with Crippen LogP contribution in [-0.4, -0.2) is 11.8 Å². The zero-order chi connectivity index (χ0) is 7.68. The lowest BCUT2D eigenvalue weighted by Crippen LogP contribution is -2.19. The molecule has 0 saturated carbocycles. The molecule has 2 N–H and O–H groups in total. The van der Waals surface area contributed by atoms with Gasteiger partial charge in [0.1, 0.15) is 0 Å². The van der Waals surface area contributed by atoms with Gasteiger partial charge in [-0.25, -0.2) is 0 Å². The van der Waals surface area contributed by atoms with Crippen LogP contribution in [0.5, 0.6) is 0 Å². The Hall–Kier alpha value is -0.470. The SMILES string of the molecule is NCC1=CC=CC2SC=CC12. The molecule has 58 valence electrons. The normalized spacial score (nSPS) is 33.7. The Morgan fingerprint density at radius 1 is 1.45 bits per heavy atom. The summed E-state index contributed by atoms with van der Waals surface area (Å²) in [4.78, 5) is 0. The average Bonchev–Trinajstić information content (AvgIpc) is 2.50. The number of fused-ring (bicyclic) bond motifs is 1. The van der Waals surface area contributed by atoms with Crippen LogP contribution < -0.4 is 5.73 Å². The second kappa shape index (κ2) is 2.88. The van der Waals surface area contributed by atoms with Crippen molar-refractivity contribution in [1.29, 1.82) is 0 Å². The summed E-state index contributed by atoms with van der Waals surface area (Å²) in [6, 6.07) is 0. The van der Waals surface area contributed by atoms with Crippen LogP contribution in [0, 0.1) is 5.92 Å². The second-order valence-electron chi connectivity index (χ2n) is 2.79. The molecule has 0 spiro atoms. The van der Waals surface area contributed by atoms with E-state index in [-0.39, 0.29) is 0 Å². The molecule has 2 aliphatic rings. The van der Waals surface area contributed by atoms with Gasteiger partial charge in [-0.1, -0.05) is 24.3 Å². The topological polar surface area (TPSA) is 26.0 Å². The molecular formula is C9H11NS. The monoisotopic (exact) mass is 165 g/mol. The Balaban J connectivity index is 2.25. The summed E-state index contributed by atoms with van der Waals surface area (Å²) >= 11 is 1.88. The van der Waals surface area contributed by atoms with Crippen molar-refractivity contribution in [1.82, 2.24) is 0 Å². The minimum absolute atomic E-state index is 0.579. The van der Waals surface area contributed by atoms with Crippen LogP contribution in [0.1, 0.15) is 0 Å². The third-order valence-electron chi connectivity index (χ3n) is 2.15. The molecule has 0 saturated heterocycles. The number of hydrogen-bond acceptors (Lipinski definition) is 2. The number of rotatable bonds is 1. The van der Waals surface area contributed by atoms with Gasteiger partial charge in [-0.3, -0.25) is 0 Å². The van der Waals surface area contributed by atoms with Crippen LogP contribution in [0.2, 0.25) is 0 Å². The van der Waals surface area contributed by atoms with Crippen LogP contribution in [0.25, 0.3) is 0 Å². The van der Waals surface area contributed by atoms with Crippen molar-refractivity contribution in [3.05, 3.63) is 35.3 Å². The molecule has 2 rings (SSSR count). The summed E-state index contributed by atoms with van der Waals surface area (Å²) < 4.78 is 0. The summed E-state index contributed by atoms with van der Waals surface area (Å²) in [5.41, 5.74) is 6.97. The van der Waals surface area contributed by atoms with Crippen molar-refractivity contribution in [2.24, 2.45) is 11.7 Å². The van der Waals surface area contributed by atoms with Gasteiger partial charge in [0.05, 0.1) is 0 Å². The van der Waals surface area contributed by atoms with E-state index in [0.717, 1.165) is 0 Å². The molecule has 0 aromatic rings. The van der Waals surface area contributed by atoms with Crippen LogP contribution in [0.4, 0.5) is 0 Å². The lowest BCUT2D eigenvalue weighted by Gasteiger charge is -2.20. The number of nitrogens with two attached hydrogens (primary N) is 1. The summed E-state index contributed by atoms with van der Waals surface area (Å²) in [7, 11) is 0. The minimum atomic E-state index is 0.579. The van der Waals surface area contributed by atoms with Crippen molar-refractivity contribution in [2.45, 2.75) is 5.25 Å². The zero-order valence-electron chi connectivity index (χ0n) is 6.23. The van der Waals surface area contributed by atoms with Gasteiger partial charge in [-0.2, -0.15) is 0 Å². The highest BCUT2D eigenvalue weighted by molar-refractivity contribution is 8.03. The van der Waals surface area contributed by atoms with E-state index in [1.54, 1.807) is 0 Å². The standard InChI is InChI=1S/C9H11NS/c10-6-7-2-1-3-9-8(7)4-5-11-9/h1-5,8-9H,6,10H2. The molecule has 0 fully saturated rings. The molecule has 0 aromatic carbocycles. The lowest BCUT2D eigenvalue weighted by atomic mass is 9.91. The molecule has 2 unspecified atom stereocenters. The predicted molar refractivity (Wildman–Crippen MR) is 50.3 cm³/mol. The number of thioether (sulfide) groups is 1. The zero-order valence-corrected chi connectivity index (χ0v) is 7.05. The van der Waals surface area contributed by atoms with E-state index in [2.05, 4.69) is 29.7 Å². The van der Waals surface area contributed by atoms with Gasteiger partial charge in [0.25, 0.3) is 0 Å². The largest absolute Gasteiger partial charge is 0.327 e. The highest BCUT2D eigenvalue weighted by Gasteiger charge is 2.25. The number of hydrogen-bond donors (Lipinski definition) is 1. The van der Waals surface area contributed by atoms with Crippen molar-refractivity contribution in [2.75, 3.05) is 6.54 Å². The molecule has 0 amide bonds. The summed E-state index contributed by atoms with van der Waals surface area (Å²) in [6.45, 7) is 0.691. The molecule has 11 heavy (non-hydrogen) atoms. The van der Waals surface area contributed by atoms with Crippen LogP contribution in [-0.2, 0) is 0 Å². The van der Waals surface area contributed by atoms with Crippen LogP contribution >= 0.6 is 11.8 Å². The fourth-order valence-electron chi connectivity index (χ4n) is 1.52. The maximum atomic E-state index is 5.61. The van der Waals surface area contributed by atoms with Crippen molar-refractivity contribution >= 4 is 11.8 Å². The highest BCUT2D eigenvalue weighted by atomic mass is 32.2. The van der Waals surface area contributed by atoms with Gasteiger partial charge in [0.2, 0.25) is 0 Å². The van der Waals surface area contributed by atoms with Crippen LogP contribution in [0.3, 0.4) is 0 Å². The first kappa shape index (κ1) is 7.19. The Labute approximate surface area is 71.0 Å². The maximum absolute atomic E-state index is 5.61. The maximum Gasteiger partial charge on any atom is 0.0372 e. The minimum Gasteiger partial charge on any atom is -0.327 e. The first-order chi connectivity index (χ1) is 5.42. The van der Waals surface area contributed by atoms with Crippen molar-refractivity contribution < 1.29 is 0 Å². The third kappa shape index (κ3) is 1.17. The van der Waals surface area contributed by atoms with E-state index < -0.39 is 0 Å². The number of allylic oxidation sites excluding steroid dienone is 3. The van der Waals surface area contributed by atoms with Gasteiger partial charge in [0.15, 0.2) is 0 Å². The highest BCUT2D eigenvalue weighted by Crippen LogP contribution is 2.37. The van der Waals surface area contributed by atoms with Crippen molar-refractivity contribution in [3.63, 3.8) is 0 Å². The Bertz CT molecular complexity index is 240. The summed E-state index contributed by atoms with van der Waals surface area (Å²) in [6.07, 6.45) is 8.74. The lowest BCUT2D eigenvalue weighted by molar-refractivity contribution is 0.769. The Morgan fingerprint density at radius 3 is 3.18 bits per heavy atom. The first-order valence-corrected chi connectivity index (χ1v) is 4.75. The summed E-state index contributed by atoms with van der Waals surface area (Å²) in [5, 5.41) is 2.80. The molecule has 0 bridgehead atoms. The van der Waals surface area contributed by atoms with E-state index >= 15 is 0 Å². The first-order valence-electron chi connectivity index (χ1n) is 3.81. The molecule has 1 nitrogen and oxygen atoms in total. The van der Waals surface area contributed by atoms with E-state index in [4.69, 9.17) is 5.73 Å². The van der Waals surface area contributed by atoms with Gasteiger partial charge >= 0.3 is 0 Å². The molecule has 0 aromatic heterocycles. The molecule has 1 aliphatic carbocycles. The van der Waals surface area contributed by atoms with Gasteiger partial charge in [-0.05, 0) is 11.0 Å². The molecule has 0 radical (unpaired) electrons. The molecular weight excluding hydrogens is 154 g/mol. The molecule has 2 atom stereocenters. The Kier molecular flexibility index (Phi) is 1.88. The third-order valence-corrected chi connectivity index (χ3v) is 3.23. The van der Waals surface area contributed by atoms with E-state index in [9.17, 15) is 0 Å². The molecule has 2 heteroatoms. The second-order valence-corrected chi connectivity index (χ2v) is 3.87. The fourth-order valence-corrected chi connectivity index (χ4v) is 2.58. The fraction of sp³-hybridized carbons (Fsp3) is 0.333. The van der Waals surface area contributed by atoms with Gasteiger partial charge in [0, 0.05) is 17.7 Å². The smallest absolute Gasteiger partial charge is 0.0372 e. The molecule has 1 aliphatic heterocycles. The Morgan fingerprint density at radius 2 is 2.36 bits per heavy atom. The van der Waals surface area contributed by atoms with E-state index in [0.29, 0.717) is 17.7 Å². The van der Waals surface area contributed by atoms with E-state index in [1.165, 1.54) is 5.57 Å². The quantitative estimate of drug-likeness (QED) is 0.640. The van der Waals surface area contributed by atoms with Crippen LogP contribution in [0.15, 0.2) is 35.3 Å². The van der Waals surface area contributed by atoms with Gasteiger partial charge < -0.3 is 5.73 Å². The predicted octanol–water partition coefficient (Wildman–Crippen LogP) is 1.69. The molecule has 1 heterocycles. The summed E-state index contributed by atoms with van der Waals surface area (Å²) in [5.74, 6) is 0.579. The van der Waals surface area contributed by atoms with Crippen molar-refractivity contribution in [3.8, 4) is 0 Å². The van der Waals surface area contributed by atoms with Gasteiger partial charge in [-0.15, -0.1) is 11.8 Å².